The van der Waals surface area contributed by atoms with Crippen LogP contribution in [0.25, 0.3) is 0 Å². The minimum Gasteiger partial charge on any atom is -0.370 e. The molecule has 0 radical (unpaired) electrons. The van der Waals surface area contributed by atoms with Gasteiger partial charge in [0.1, 0.15) is 0 Å². The van der Waals surface area contributed by atoms with Crippen molar-refractivity contribution in [2.24, 2.45) is 5.73 Å². The molecule has 0 aliphatic rings. The molecule has 0 saturated carbocycles. The second-order valence-corrected chi connectivity index (χ2v) is 2.47. The maximum atomic E-state index is 7.29. The van der Waals surface area contributed by atoms with E-state index in [1.54, 1.807) is 4.90 Å². The highest BCUT2D eigenvalue weighted by Gasteiger charge is 2.04. The monoisotopic (exact) mass is 163 g/mol. The van der Waals surface area contributed by atoms with E-state index in [1.165, 1.54) is 0 Å². The van der Waals surface area contributed by atoms with Crippen LogP contribution in [-0.4, -0.2) is 12.5 Å². The van der Waals surface area contributed by atoms with Crippen LogP contribution in [0.5, 0.6) is 0 Å². The van der Waals surface area contributed by atoms with E-state index in [4.69, 9.17) is 11.1 Å². The fourth-order valence-corrected chi connectivity index (χ4v) is 1.10. The second-order valence-electron chi connectivity index (χ2n) is 2.47. The Kier molecular flexibility index (Phi) is 2.69. The van der Waals surface area contributed by atoms with Gasteiger partial charge in [-0.1, -0.05) is 18.2 Å². The zero-order chi connectivity index (χ0) is 8.97. The standard InChI is InChI=1S/C9H13N3/c1-2-12(9(10)11)8-6-4-3-5-7-8/h3-7H,2H2,1H3,(H3,10,11). The lowest BCUT2D eigenvalue weighted by atomic mass is 10.3. The number of nitrogens with two attached hydrogens (primary N) is 1. The van der Waals surface area contributed by atoms with Crippen LogP contribution >= 0.6 is 0 Å². The molecule has 0 spiro atoms. The number of nitrogens with one attached hydrogen (secondary N) is 1. The van der Waals surface area contributed by atoms with E-state index in [1.807, 2.05) is 37.3 Å². The Bertz CT molecular complexity index is 256. The lowest BCUT2D eigenvalue weighted by molar-refractivity contribution is 1.03. The van der Waals surface area contributed by atoms with E-state index in [2.05, 4.69) is 0 Å². The van der Waals surface area contributed by atoms with Crippen molar-refractivity contribution >= 4 is 11.6 Å². The lowest BCUT2D eigenvalue weighted by Crippen LogP contribution is -2.36. The van der Waals surface area contributed by atoms with Crippen LogP contribution in [0.3, 0.4) is 0 Å². The minimum absolute atomic E-state index is 0.0868. The van der Waals surface area contributed by atoms with Gasteiger partial charge in [-0.3, -0.25) is 5.41 Å². The van der Waals surface area contributed by atoms with Crippen LogP contribution in [0.4, 0.5) is 5.69 Å². The third-order valence-electron chi connectivity index (χ3n) is 1.67. The number of rotatable bonds is 2. The van der Waals surface area contributed by atoms with Crippen LogP contribution in [0.2, 0.25) is 0 Å². The molecule has 12 heavy (non-hydrogen) atoms. The van der Waals surface area contributed by atoms with Gasteiger partial charge in [-0.15, -0.1) is 0 Å². The molecule has 0 atom stereocenters. The van der Waals surface area contributed by atoms with Crippen LogP contribution in [-0.2, 0) is 0 Å². The van der Waals surface area contributed by atoms with Crippen molar-refractivity contribution in [2.45, 2.75) is 6.92 Å². The molecule has 3 N–H and O–H groups in total. The van der Waals surface area contributed by atoms with Gasteiger partial charge >= 0.3 is 0 Å². The smallest absolute Gasteiger partial charge is 0.192 e. The molecule has 3 heteroatoms. The van der Waals surface area contributed by atoms with Crippen LogP contribution in [0.15, 0.2) is 30.3 Å². The number of hydrogen-bond donors (Lipinski definition) is 2. The summed E-state index contributed by atoms with van der Waals surface area (Å²) >= 11 is 0. The van der Waals surface area contributed by atoms with E-state index >= 15 is 0 Å². The first-order valence-corrected chi connectivity index (χ1v) is 3.92. The molecule has 0 aliphatic heterocycles. The summed E-state index contributed by atoms with van der Waals surface area (Å²) in [5.41, 5.74) is 6.35. The normalized spacial score (nSPS) is 9.42. The second kappa shape index (κ2) is 3.76. The SMILES string of the molecule is CCN(C(=N)N)c1ccccc1. The Morgan fingerprint density at radius 1 is 1.42 bits per heavy atom. The average molecular weight is 163 g/mol. The van der Waals surface area contributed by atoms with E-state index in [0.29, 0.717) is 0 Å². The van der Waals surface area contributed by atoms with Gasteiger partial charge in [-0.25, -0.2) is 0 Å². The summed E-state index contributed by atoms with van der Waals surface area (Å²) in [7, 11) is 0. The summed E-state index contributed by atoms with van der Waals surface area (Å²) in [4.78, 5) is 1.74. The number of guanidine groups is 1. The number of hydrogen-bond acceptors (Lipinski definition) is 1. The molecule has 0 aliphatic carbocycles. The van der Waals surface area contributed by atoms with Gasteiger partial charge in [0.05, 0.1) is 0 Å². The Morgan fingerprint density at radius 2 is 2.00 bits per heavy atom. The van der Waals surface area contributed by atoms with E-state index in [-0.39, 0.29) is 5.96 Å². The van der Waals surface area contributed by atoms with Crippen molar-refractivity contribution in [3.05, 3.63) is 30.3 Å². The number of benzene rings is 1. The molecule has 0 bridgehead atoms. The van der Waals surface area contributed by atoms with Gasteiger partial charge in [-0.2, -0.15) is 0 Å². The largest absolute Gasteiger partial charge is 0.370 e. The molecule has 1 aromatic rings. The molecule has 0 saturated heterocycles. The molecule has 0 unspecified atom stereocenters. The third-order valence-corrected chi connectivity index (χ3v) is 1.67. The van der Waals surface area contributed by atoms with Crippen molar-refractivity contribution in [1.82, 2.24) is 0 Å². The Labute approximate surface area is 72.3 Å². The highest BCUT2D eigenvalue weighted by Crippen LogP contribution is 2.11. The first-order chi connectivity index (χ1) is 5.75. The lowest BCUT2D eigenvalue weighted by Gasteiger charge is -2.20. The van der Waals surface area contributed by atoms with Crippen LogP contribution < -0.4 is 10.6 Å². The summed E-state index contributed by atoms with van der Waals surface area (Å²) in [6, 6.07) is 9.68. The quantitative estimate of drug-likeness (QED) is 0.511. The summed E-state index contributed by atoms with van der Waals surface area (Å²) in [5, 5.41) is 7.29. The van der Waals surface area contributed by atoms with Crippen molar-refractivity contribution < 1.29 is 0 Å². The van der Waals surface area contributed by atoms with Gasteiger partial charge in [0.25, 0.3) is 0 Å². The molecule has 1 aromatic carbocycles. The Morgan fingerprint density at radius 3 is 2.42 bits per heavy atom. The molecule has 0 amide bonds. The number of nitrogens with zero attached hydrogens (tertiary/aromatic N) is 1. The van der Waals surface area contributed by atoms with E-state index in [9.17, 15) is 0 Å². The highest BCUT2D eigenvalue weighted by molar-refractivity contribution is 5.92. The van der Waals surface area contributed by atoms with Gasteiger partial charge < -0.3 is 10.6 Å². The molecule has 0 aromatic heterocycles. The maximum absolute atomic E-state index is 7.29. The molecule has 0 fully saturated rings. The summed E-state index contributed by atoms with van der Waals surface area (Å²) in [5.74, 6) is 0.0868. The van der Waals surface area contributed by atoms with Crippen LogP contribution in [0, 0.1) is 5.41 Å². The first-order valence-electron chi connectivity index (χ1n) is 3.92. The number of para-hydroxylation sites is 1. The van der Waals surface area contributed by atoms with Gasteiger partial charge in [-0.05, 0) is 19.1 Å². The molecule has 64 valence electrons. The fourth-order valence-electron chi connectivity index (χ4n) is 1.10. The van der Waals surface area contributed by atoms with Crippen molar-refractivity contribution in [2.75, 3.05) is 11.4 Å². The van der Waals surface area contributed by atoms with Crippen molar-refractivity contribution in [1.29, 1.82) is 5.41 Å². The molecule has 0 heterocycles. The summed E-state index contributed by atoms with van der Waals surface area (Å²) in [6.45, 7) is 2.69. The average Bonchev–Trinajstić information content (AvgIpc) is 2.07. The zero-order valence-corrected chi connectivity index (χ0v) is 7.12. The number of anilines is 1. The predicted molar refractivity (Wildman–Crippen MR) is 51.4 cm³/mol. The molecule has 3 nitrogen and oxygen atoms in total. The zero-order valence-electron chi connectivity index (χ0n) is 7.12. The summed E-state index contributed by atoms with van der Waals surface area (Å²) < 4.78 is 0. The minimum atomic E-state index is 0.0868. The van der Waals surface area contributed by atoms with E-state index < -0.39 is 0 Å². The van der Waals surface area contributed by atoms with Crippen LogP contribution in [0.1, 0.15) is 6.92 Å². The third kappa shape index (κ3) is 1.75. The van der Waals surface area contributed by atoms with Crippen molar-refractivity contribution in [3.63, 3.8) is 0 Å². The van der Waals surface area contributed by atoms with Gasteiger partial charge in [0.2, 0.25) is 0 Å². The first kappa shape index (κ1) is 8.59. The van der Waals surface area contributed by atoms with Gasteiger partial charge in [0.15, 0.2) is 5.96 Å². The maximum Gasteiger partial charge on any atom is 0.192 e. The Hall–Kier alpha value is -1.51. The summed E-state index contributed by atoms with van der Waals surface area (Å²) in [6.07, 6.45) is 0. The molecular weight excluding hydrogens is 150 g/mol. The fraction of sp³-hybridized carbons (Fsp3) is 0.222. The van der Waals surface area contributed by atoms with E-state index in [0.717, 1.165) is 12.2 Å². The predicted octanol–water partition coefficient (Wildman–Crippen LogP) is 1.41. The topological polar surface area (TPSA) is 53.1 Å². The highest BCUT2D eigenvalue weighted by atomic mass is 15.2. The Balaban J connectivity index is 2.88. The van der Waals surface area contributed by atoms with Crippen molar-refractivity contribution in [3.8, 4) is 0 Å². The van der Waals surface area contributed by atoms with Gasteiger partial charge in [0, 0.05) is 12.2 Å². The molecular formula is C9H13N3. The molecule has 1 rings (SSSR count).